The molecule has 1 rings (SSSR count). The van der Waals surface area contributed by atoms with Crippen LogP contribution < -0.4 is 5.73 Å². The molecule has 0 aromatic heterocycles. The molecule has 0 bridgehead atoms. The molecule has 0 radical (unpaired) electrons. The molecule has 2 N–H and O–H groups in total. The normalized spacial score (nSPS) is 9.67. The lowest BCUT2D eigenvalue weighted by atomic mass is 10.2. The summed E-state index contributed by atoms with van der Waals surface area (Å²) in [4.78, 5) is 26.6. The van der Waals surface area contributed by atoms with Crippen LogP contribution in [0.5, 0.6) is 0 Å². The second-order valence-corrected chi connectivity index (χ2v) is 4.82. The summed E-state index contributed by atoms with van der Waals surface area (Å²) in [7, 11) is 1.63. The van der Waals surface area contributed by atoms with Gasteiger partial charge in [-0.1, -0.05) is 30.3 Å². The third kappa shape index (κ3) is 7.11. The standard InChI is InChI=1S/C15H23N3O2.ClH/c1-13(19)17(2)12-15(20)18(10-6-9-16)11-14-7-4-3-5-8-14;/h3-5,7-8H,6,9-12,16H2,1-2H3;1H. The minimum absolute atomic E-state index is 0. The third-order valence-electron chi connectivity index (χ3n) is 3.11. The minimum atomic E-state index is -0.114. The number of hydrogen-bond donors (Lipinski definition) is 1. The Balaban J connectivity index is 0.00000400. The van der Waals surface area contributed by atoms with Gasteiger partial charge in [-0.3, -0.25) is 9.59 Å². The summed E-state index contributed by atoms with van der Waals surface area (Å²) in [6, 6.07) is 9.80. The van der Waals surface area contributed by atoms with Crippen molar-refractivity contribution >= 4 is 24.2 Å². The number of likely N-dealkylation sites (N-methyl/N-ethyl adjacent to an activating group) is 1. The number of hydrogen-bond acceptors (Lipinski definition) is 3. The zero-order valence-electron chi connectivity index (χ0n) is 12.6. The van der Waals surface area contributed by atoms with E-state index in [1.807, 2.05) is 30.3 Å². The van der Waals surface area contributed by atoms with Crippen molar-refractivity contribution in [2.75, 3.05) is 26.7 Å². The fourth-order valence-electron chi connectivity index (χ4n) is 1.79. The predicted octanol–water partition coefficient (Wildman–Crippen LogP) is 1.26. The molecule has 6 heteroatoms. The summed E-state index contributed by atoms with van der Waals surface area (Å²) in [5.74, 6) is -0.170. The van der Waals surface area contributed by atoms with Crippen molar-refractivity contribution in [1.29, 1.82) is 0 Å². The molecule has 0 spiro atoms. The number of nitrogens with two attached hydrogens (primary N) is 1. The largest absolute Gasteiger partial charge is 0.337 e. The minimum Gasteiger partial charge on any atom is -0.337 e. The van der Waals surface area contributed by atoms with Crippen molar-refractivity contribution < 1.29 is 9.59 Å². The molecule has 0 aliphatic carbocycles. The molecule has 0 saturated carbocycles. The van der Waals surface area contributed by atoms with Crippen molar-refractivity contribution in [1.82, 2.24) is 9.80 Å². The van der Waals surface area contributed by atoms with Crippen molar-refractivity contribution in [2.24, 2.45) is 5.73 Å². The maximum atomic E-state index is 12.3. The third-order valence-corrected chi connectivity index (χ3v) is 3.11. The molecule has 0 fully saturated rings. The van der Waals surface area contributed by atoms with Crippen LogP contribution in [0, 0.1) is 0 Å². The van der Waals surface area contributed by atoms with Crippen LogP contribution in [0.15, 0.2) is 30.3 Å². The highest BCUT2D eigenvalue weighted by Crippen LogP contribution is 2.06. The Kier molecular flexibility index (Phi) is 9.41. The van der Waals surface area contributed by atoms with Gasteiger partial charge >= 0.3 is 0 Å². The van der Waals surface area contributed by atoms with Crippen molar-refractivity contribution in [2.45, 2.75) is 19.9 Å². The Labute approximate surface area is 132 Å². The van der Waals surface area contributed by atoms with Crippen LogP contribution in [0.2, 0.25) is 0 Å². The lowest BCUT2D eigenvalue weighted by Gasteiger charge is -2.25. The number of amides is 2. The highest BCUT2D eigenvalue weighted by molar-refractivity contribution is 5.85. The molecule has 5 nitrogen and oxygen atoms in total. The van der Waals surface area contributed by atoms with E-state index in [2.05, 4.69) is 0 Å². The average molecular weight is 314 g/mol. The van der Waals surface area contributed by atoms with E-state index in [0.29, 0.717) is 19.6 Å². The average Bonchev–Trinajstić information content (AvgIpc) is 2.44. The molecule has 0 aliphatic heterocycles. The molecule has 0 unspecified atom stereocenters. The molecule has 21 heavy (non-hydrogen) atoms. The second kappa shape index (κ2) is 10.2. The SMILES string of the molecule is CC(=O)N(C)CC(=O)N(CCCN)Cc1ccccc1.Cl. The topological polar surface area (TPSA) is 66.6 Å². The van der Waals surface area contributed by atoms with Gasteiger partial charge in [-0.05, 0) is 18.5 Å². The van der Waals surface area contributed by atoms with Gasteiger partial charge in [-0.25, -0.2) is 0 Å². The Morgan fingerprint density at radius 1 is 1.19 bits per heavy atom. The first-order chi connectivity index (χ1) is 9.54. The zero-order chi connectivity index (χ0) is 15.0. The maximum absolute atomic E-state index is 12.3. The molecule has 0 atom stereocenters. The summed E-state index contributed by atoms with van der Waals surface area (Å²) in [5.41, 5.74) is 6.59. The van der Waals surface area contributed by atoms with Gasteiger partial charge in [0.25, 0.3) is 0 Å². The Bertz CT molecular complexity index is 440. The maximum Gasteiger partial charge on any atom is 0.242 e. The van der Waals surface area contributed by atoms with E-state index in [4.69, 9.17) is 5.73 Å². The van der Waals surface area contributed by atoms with Crippen molar-refractivity contribution in [3.8, 4) is 0 Å². The van der Waals surface area contributed by atoms with Crippen molar-refractivity contribution in [3.05, 3.63) is 35.9 Å². The first-order valence-corrected chi connectivity index (χ1v) is 6.78. The number of halogens is 1. The number of carbonyl (C=O) groups is 2. The quantitative estimate of drug-likeness (QED) is 0.824. The fourth-order valence-corrected chi connectivity index (χ4v) is 1.79. The van der Waals surface area contributed by atoms with E-state index >= 15 is 0 Å². The lowest BCUT2D eigenvalue weighted by molar-refractivity contribution is -0.138. The highest BCUT2D eigenvalue weighted by Gasteiger charge is 2.16. The van der Waals surface area contributed by atoms with Gasteiger partial charge in [0.05, 0.1) is 6.54 Å². The van der Waals surface area contributed by atoms with Crippen LogP contribution in [-0.4, -0.2) is 48.3 Å². The smallest absolute Gasteiger partial charge is 0.242 e. The molecule has 1 aromatic rings. The molecule has 2 amide bonds. The van der Waals surface area contributed by atoms with Gasteiger partial charge in [0.15, 0.2) is 0 Å². The number of nitrogens with zero attached hydrogens (tertiary/aromatic N) is 2. The number of rotatable bonds is 7. The Morgan fingerprint density at radius 3 is 2.33 bits per heavy atom. The Morgan fingerprint density at radius 2 is 1.81 bits per heavy atom. The summed E-state index contributed by atoms with van der Waals surface area (Å²) >= 11 is 0. The van der Waals surface area contributed by atoms with E-state index in [1.165, 1.54) is 11.8 Å². The Hall–Kier alpha value is -1.59. The summed E-state index contributed by atoms with van der Waals surface area (Å²) in [5, 5.41) is 0. The highest BCUT2D eigenvalue weighted by atomic mass is 35.5. The van der Waals surface area contributed by atoms with Crippen molar-refractivity contribution in [3.63, 3.8) is 0 Å². The van der Waals surface area contributed by atoms with Gasteiger partial charge in [-0.15, -0.1) is 12.4 Å². The number of benzene rings is 1. The van der Waals surface area contributed by atoms with Crippen LogP contribution >= 0.6 is 12.4 Å². The number of carbonyl (C=O) groups excluding carboxylic acids is 2. The fraction of sp³-hybridized carbons (Fsp3) is 0.467. The lowest BCUT2D eigenvalue weighted by Crippen LogP contribution is -2.41. The first kappa shape index (κ1) is 19.4. The molecule has 118 valence electrons. The monoisotopic (exact) mass is 313 g/mol. The summed E-state index contributed by atoms with van der Waals surface area (Å²) < 4.78 is 0. The van der Waals surface area contributed by atoms with Crippen LogP contribution in [-0.2, 0) is 16.1 Å². The molecular weight excluding hydrogens is 290 g/mol. The van der Waals surface area contributed by atoms with E-state index in [-0.39, 0.29) is 30.8 Å². The molecular formula is C15H24ClN3O2. The van der Waals surface area contributed by atoms with E-state index in [0.717, 1.165) is 12.0 Å². The van der Waals surface area contributed by atoms with E-state index < -0.39 is 0 Å². The van der Waals surface area contributed by atoms with Gasteiger partial charge < -0.3 is 15.5 Å². The van der Waals surface area contributed by atoms with Crippen LogP contribution in [0.1, 0.15) is 18.9 Å². The van der Waals surface area contributed by atoms with Crippen LogP contribution in [0.25, 0.3) is 0 Å². The van der Waals surface area contributed by atoms with Crippen LogP contribution in [0.4, 0.5) is 0 Å². The molecule has 0 saturated heterocycles. The predicted molar refractivity (Wildman–Crippen MR) is 86.1 cm³/mol. The first-order valence-electron chi connectivity index (χ1n) is 6.78. The van der Waals surface area contributed by atoms with Gasteiger partial charge in [0, 0.05) is 27.1 Å². The van der Waals surface area contributed by atoms with Gasteiger partial charge in [0.1, 0.15) is 0 Å². The van der Waals surface area contributed by atoms with Gasteiger partial charge in [0.2, 0.25) is 11.8 Å². The summed E-state index contributed by atoms with van der Waals surface area (Å²) in [6.45, 7) is 3.25. The van der Waals surface area contributed by atoms with Crippen LogP contribution in [0.3, 0.4) is 0 Å². The summed E-state index contributed by atoms with van der Waals surface area (Å²) in [6.07, 6.45) is 0.752. The van der Waals surface area contributed by atoms with E-state index in [9.17, 15) is 9.59 Å². The van der Waals surface area contributed by atoms with E-state index in [1.54, 1.807) is 11.9 Å². The zero-order valence-corrected chi connectivity index (χ0v) is 13.4. The second-order valence-electron chi connectivity index (χ2n) is 4.82. The molecule has 0 aliphatic rings. The molecule has 1 aromatic carbocycles. The van der Waals surface area contributed by atoms with Gasteiger partial charge in [-0.2, -0.15) is 0 Å². The molecule has 0 heterocycles.